The maximum absolute atomic E-state index is 12.5. The Morgan fingerprint density at radius 1 is 1.33 bits per heavy atom. The number of para-hydroxylation sites is 2. The smallest absolute Gasteiger partial charge is 0.265 e. The number of nitrogens with zero attached hydrogens (tertiary/aromatic N) is 4. The van der Waals surface area contributed by atoms with E-state index >= 15 is 0 Å². The molecule has 0 saturated carbocycles. The SMILES string of the molecule is Cn1nnc2cc(C(=O)NCCN3C(=O)COc4ccccc43)cc(Br)c21. The molecule has 0 saturated heterocycles. The molecule has 0 fully saturated rings. The van der Waals surface area contributed by atoms with Crippen molar-refractivity contribution in [1.29, 1.82) is 0 Å². The highest BCUT2D eigenvalue weighted by molar-refractivity contribution is 9.10. The molecule has 1 aliphatic heterocycles. The molecular weight excluding hydrogens is 414 g/mol. The van der Waals surface area contributed by atoms with Crippen LogP contribution in [0.25, 0.3) is 11.0 Å². The summed E-state index contributed by atoms with van der Waals surface area (Å²) in [6.07, 6.45) is 0. The largest absolute Gasteiger partial charge is 0.482 e. The molecule has 2 aromatic carbocycles. The Labute approximate surface area is 163 Å². The van der Waals surface area contributed by atoms with Gasteiger partial charge in [-0.15, -0.1) is 5.10 Å². The molecule has 3 aromatic rings. The maximum Gasteiger partial charge on any atom is 0.265 e. The van der Waals surface area contributed by atoms with E-state index in [1.807, 2.05) is 24.3 Å². The standard InChI is InChI=1S/C18H16BrN5O3/c1-23-17-12(19)8-11(9-13(17)21-22-23)18(26)20-6-7-24-14-4-2-3-5-15(14)27-10-16(24)25/h2-5,8-9H,6-7,10H2,1H3,(H,20,26). The lowest BCUT2D eigenvalue weighted by Crippen LogP contribution is -2.43. The van der Waals surface area contributed by atoms with Crippen molar-refractivity contribution in [2.24, 2.45) is 7.05 Å². The minimum absolute atomic E-state index is 0.00124. The first-order valence-electron chi connectivity index (χ1n) is 8.34. The molecule has 2 heterocycles. The van der Waals surface area contributed by atoms with Gasteiger partial charge >= 0.3 is 0 Å². The second-order valence-electron chi connectivity index (χ2n) is 6.10. The van der Waals surface area contributed by atoms with Crippen molar-refractivity contribution in [3.8, 4) is 5.75 Å². The Bertz CT molecular complexity index is 1050. The minimum Gasteiger partial charge on any atom is -0.482 e. The Hall–Kier alpha value is -2.94. The van der Waals surface area contributed by atoms with Crippen molar-refractivity contribution < 1.29 is 14.3 Å². The van der Waals surface area contributed by atoms with Gasteiger partial charge in [0.1, 0.15) is 16.8 Å². The van der Waals surface area contributed by atoms with Crippen LogP contribution < -0.4 is 15.0 Å². The first-order chi connectivity index (χ1) is 13.0. The summed E-state index contributed by atoms with van der Waals surface area (Å²) < 4.78 is 7.81. The zero-order chi connectivity index (χ0) is 19.0. The summed E-state index contributed by atoms with van der Waals surface area (Å²) in [5, 5.41) is 10.9. The number of amides is 2. The summed E-state index contributed by atoms with van der Waals surface area (Å²) in [5.41, 5.74) is 2.65. The number of aromatic nitrogens is 3. The van der Waals surface area contributed by atoms with Crippen LogP contribution in [0.15, 0.2) is 40.9 Å². The molecule has 0 radical (unpaired) electrons. The van der Waals surface area contributed by atoms with Gasteiger partial charge in [0.15, 0.2) is 6.61 Å². The van der Waals surface area contributed by atoms with Crippen LogP contribution in [0, 0.1) is 0 Å². The van der Waals surface area contributed by atoms with Crippen LogP contribution in [0.3, 0.4) is 0 Å². The van der Waals surface area contributed by atoms with Crippen LogP contribution in [0.5, 0.6) is 5.75 Å². The number of rotatable bonds is 4. The highest BCUT2D eigenvalue weighted by Gasteiger charge is 2.24. The predicted octanol–water partition coefficient (Wildman–Crippen LogP) is 1.89. The van der Waals surface area contributed by atoms with Crippen molar-refractivity contribution in [2.45, 2.75) is 0 Å². The van der Waals surface area contributed by atoms with Gasteiger partial charge in [0, 0.05) is 30.2 Å². The minimum atomic E-state index is -0.239. The number of carbonyl (C=O) groups is 2. The Kier molecular flexibility index (Phi) is 4.53. The van der Waals surface area contributed by atoms with Crippen molar-refractivity contribution in [1.82, 2.24) is 20.3 Å². The summed E-state index contributed by atoms with van der Waals surface area (Å²) in [6, 6.07) is 10.8. The molecule has 1 aliphatic rings. The molecule has 0 unspecified atom stereocenters. The fraction of sp³-hybridized carbons (Fsp3) is 0.222. The number of benzene rings is 2. The van der Waals surface area contributed by atoms with Crippen molar-refractivity contribution in [3.63, 3.8) is 0 Å². The summed E-state index contributed by atoms with van der Waals surface area (Å²) in [4.78, 5) is 26.3. The highest BCUT2D eigenvalue weighted by Crippen LogP contribution is 2.31. The van der Waals surface area contributed by atoms with Gasteiger partial charge in [0.25, 0.3) is 11.8 Å². The molecule has 27 heavy (non-hydrogen) atoms. The van der Waals surface area contributed by atoms with Crippen molar-refractivity contribution in [3.05, 3.63) is 46.4 Å². The van der Waals surface area contributed by atoms with Crippen LogP contribution >= 0.6 is 15.9 Å². The van der Waals surface area contributed by atoms with Gasteiger partial charge in [-0.05, 0) is 40.2 Å². The lowest BCUT2D eigenvalue weighted by Gasteiger charge is -2.29. The first kappa shape index (κ1) is 17.5. The predicted molar refractivity (Wildman–Crippen MR) is 103 cm³/mol. The topological polar surface area (TPSA) is 89.4 Å². The van der Waals surface area contributed by atoms with Gasteiger partial charge in [0.05, 0.1) is 5.69 Å². The van der Waals surface area contributed by atoms with Crippen LogP contribution in [0.4, 0.5) is 5.69 Å². The zero-order valence-corrected chi connectivity index (χ0v) is 16.1. The fourth-order valence-electron chi connectivity index (χ4n) is 3.05. The lowest BCUT2D eigenvalue weighted by atomic mass is 10.2. The number of fused-ring (bicyclic) bond motifs is 2. The van der Waals surface area contributed by atoms with Gasteiger partial charge in [0.2, 0.25) is 0 Å². The molecule has 2 amide bonds. The number of carbonyl (C=O) groups excluding carboxylic acids is 2. The van der Waals surface area contributed by atoms with E-state index in [0.29, 0.717) is 35.6 Å². The monoisotopic (exact) mass is 429 g/mol. The fourth-order valence-corrected chi connectivity index (χ4v) is 3.76. The molecule has 4 rings (SSSR count). The molecule has 1 aromatic heterocycles. The number of ether oxygens (including phenoxy) is 1. The average Bonchev–Trinajstić information content (AvgIpc) is 3.05. The van der Waals surface area contributed by atoms with E-state index in [2.05, 4.69) is 31.6 Å². The van der Waals surface area contributed by atoms with Crippen molar-refractivity contribution in [2.75, 3.05) is 24.6 Å². The third kappa shape index (κ3) is 3.25. The second-order valence-corrected chi connectivity index (χ2v) is 6.95. The number of aryl methyl sites for hydroxylation is 1. The maximum atomic E-state index is 12.5. The number of anilines is 1. The molecular formula is C18H16BrN5O3. The van der Waals surface area contributed by atoms with Crippen LogP contribution in [-0.2, 0) is 11.8 Å². The third-order valence-electron chi connectivity index (χ3n) is 4.34. The molecule has 0 bridgehead atoms. The Morgan fingerprint density at radius 3 is 3.00 bits per heavy atom. The second kappa shape index (κ2) is 6.99. The summed E-state index contributed by atoms with van der Waals surface area (Å²) >= 11 is 3.46. The van der Waals surface area contributed by atoms with E-state index in [1.54, 1.807) is 28.8 Å². The molecule has 1 N–H and O–H groups in total. The van der Waals surface area contributed by atoms with Gasteiger partial charge in [-0.3, -0.25) is 9.59 Å². The lowest BCUT2D eigenvalue weighted by molar-refractivity contribution is -0.121. The molecule has 0 aliphatic carbocycles. The number of hydrogen-bond acceptors (Lipinski definition) is 5. The number of hydrogen-bond donors (Lipinski definition) is 1. The van der Waals surface area contributed by atoms with Gasteiger partial charge < -0.3 is 15.0 Å². The Morgan fingerprint density at radius 2 is 2.15 bits per heavy atom. The van der Waals surface area contributed by atoms with Gasteiger partial charge in [-0.1, -0.05) is 17.3 Å². The van der Waals surface area contributed by atoms with Crippen LogP contribution in [-0.4, -0.2) is 46.5 Å². The van der Waals surface area contributed by atoms with E-state index in [4.69, 9.17) is 4.74 Å². The normalized spacial score (nSPS) is 13.4. The molecule has 0 spiro atoms. The van der Waals surface area contributed by atoms with E-state index < -0.39 is 0 Å². The van der Waals surface area contributed by atoms with E-state index in [9.17, 15) is 9.59 Å². The summed E-state index contributed by atoms with van der Waals surface area (Å²) in [7, 11) is 1.79. The number of nitrogens with one attached hydrogen (secondary N) is 1. The van der Waals surface area contributed by atoms with Gasteiger partial charge in [-0.25, -0.2) is 4.68 Å². The summed E-state index contributed by atoms with van der Waals surface area (Å²) in [5.74, 6) is 0.296. The van der Waals surface area contributed by atoms with E-state index in [1.165, 1.54) is 0 Å². The molecule has 0 atom stereocenters. The van der Waals surface area contributed by atoms with Gasteiger partial charge in [-0.2, -0.15) is 0 Å². The average molecular weight is 430 g/mol. The third-order valence-corrected chi connectivity index (χ3v) is 4.95. The first-order valence-corrected chi connectivity index (χ1v) is 9.13. The Balaban J connectivity index is 1.45. The zero-order valence-electron chi connectivity index (χ0n) is 14.5. The quantitative estimate of drug-likeness (QED) is 0.683. The molecule has 9 heteroatoms. The van der Waals surface area contributed by atoms with Crippen LogP contribution in [0.2, 0.25) is 0 Å². The van der Waals surface area contributed by atoms with Crippen LogP contribution in [0.1, 0.15) is 10.4 Å². The number of halogens is 1. The summed E-state index contributed by atoms with van der Waals surface area (Å²) in [6.45, 7) is 0.676. The van der Waals surface area contributed by atoms with E-state index in [-0.39, 0.29) is 18.4 Å². The van der Waals surface area contributed by atoms with E-state index in [0.717, 1.165) is 9.99 Å². The molecule has 8 nitrogen and oxygen atoms in total. The molecule has 138 valence electrons. The van der Waals surface area contributed by atoms with Crippen molar-refractivity contribution >= 4 is 44.5 Å². The highest BCUT2D eigenvalue weighted by atomic mass is 79.9.